The van der Waals surface area contributed by atoms with Gasteiger partial charge in [0.1, 0.15) is 29.9 Å². The summed E-state index contributed by atoms with van der Waals surface area (Å²) in [4.78, 5) is 61.9. The van der Waals surface area contributed by atoms with Crippen molar-refractivity contribution in [2.24, 2.45) is 0 Å². The van der Waals surface area contributed by atoms with E-state index in [1.54, 1.807) is 31.2 Å². The van der Waals surface area contributed by atoms with E-state index in [2.05, 4.69) is 16.1 Å². The van der Waals surface area contributed by atoms with Gasteiger partial charge in [-0.2, -0.15) is 0 Å². The van der Waals surface area contributed by atoms with Crippen molar-refractivity contribution in [2.45, 2.75) is 13.0 Å². The normalized spacial score (nSPS) is 16.1. The molecule has 2 aliphatic rings. The van der Waals surface area contributed by atoms with E-state index in [1.165, 1.54) is 9.80 Å². The third kappa shape index (κ3) is 7.45. The number of likely N-dealkylation sites (N-methyl/N-ethyl adjacent to an activating group) is 1. The summed E-state index contributed by atoms with van der Waals surface area (Å²) in [6.45, 7) is 3.85. The third-order valence-corrected chi connectivity index (χ3v) is 7.36. The molecule has 232 valence electrons. The molecule has 12 heteroatoms. The summed E-state index contributed by atoms with van der Waals surface area (Å²) in [5.74, 6) is 3.25. The molecule has 0 aliphatic carbocycles. The van der Waals surface area contributed by atoms with Crippen LogP contribution in [0.25, 0.3) is 0 Å². The molecule has 0 spiro atoms. The molecule has 5 rings (SSSR count). The number of nitrogens with one attached hydrogen (secondary N) is 1. The van der Waals surface area contributed by atoms with Crippen LogP contribution < -0.4 is 19.7 Å². The van der Waals surface area contributed by atoms with Gasteiger partial charge in [0.15, 0.2) is 0 Å². The summed E-state index contributed by atoms with van der Waals surface area (Å²) in [7, 11) is 0. The zero-order chi connectivity index (χ0) is 31.8. The van der Waals surface area contributed by atoms with Gasteiger partial charge in [-0.1, -0.05) is 29.2 Å². The highest BCUT2D eigenvalue weighted by molar-refractivity contribution is 6.04. The maximum Gasteiger partial charge on any atom is 0.434 e. The zero-order valence-electron chi connectivity index (χ0n) is 24.8. The first-order valence-electron chi connectivity index (χ1n) is 14.5. The molecule has 3 aromatic rings. The summed E-state index contributed by atoms with van der Waals surface area (Å²) in [6.07, 6.45) is 4.42. The molecular formula is C33H33N5O7. The largest absolute Gasteiger partial charge is 0.481 e. The number of amides is 5. The second kappa shape index (κ2) is 14.2. The van der Waals surface area contributed by atoms with Crippen molar-refractivity contribution in [3.05, 3.63) is 84.4 Å². The van der Waals surface area contributed by atoms with Crippen LogP contribution in [-0.2, 0) is 9.63 Å². The number of hydrogen-bond acceptors (Lipinski definition) is 8. The highest BCUT2D eigenvalue weighted by Gasteiger charge is 2.43. The SMILES string of the molecule is C#CCOc1ccc(N2CCN(C(=O)ON3C(=O)NC(CN(CC)C(=O)c4ccc(Oc5ccccc5)cc4)C3=O)CC2)cc1. The molecule has 0 bridgehead atoms. The summed E-state index contributed by atoms with van der Waals surface area (Å²) >= 11 is 0. The number of terminal acetylenes is 1. The fourth-order valence-corrected chi connectivity index (χ4v) is 4.93. The molecule has 12 nitrogen and oxygen atoms in total. The van der Waals surface area contributed by atoms with Crippen LogP contribution in [0.4, 0.5) is 15.3 Å². The Bertz CT molecular complexity index is 1550. The standard InChI is InChI=1S/C33H33N5O7/c1-3-22-43-26-16-12-25(13-17-26)36-18-20-37(21-19-36)33(42)45-38-31(40)29(34-32(38)41)23-35(4-2)30(39)24-10-14-28(15-11-24)44-27-8-6-5-7-9-27/h1,5-17,29H,4,18-23H2,2H3,(H,34,41). The van der Waals surface area contributed by atoms with Gasteiger partial charge < -0.3 is 34.3 Å². The molecule has 0 saturated carbocycles. The van der Waals surface area contributed by atoms with Gasteiger partial charge in [0.25, 0.3) is 11.8 Å². The number of ether oxygens (including phenoxy) is 2. The average Bonchev–Trinajstić information content (AvgIpc) is 3.34. The van der Waals surface area contributed by atoms with Crippen LogP contribution in [-0.4, -0.2) is 90.7 Å². The van der Waals surface area contributed by atoms with Crippen molar-refractivity contribution in [2.75, 3.05) is 50.8 Å². The number of carbonyl (C=O) groups excluding carboxylic acids is 4. The van der Waals surface area contributed by atoms with Crippen LogP contribution in [0.1, 0.15) is 17.3 Å². The number of urea groups is 1. The van der Waals surface area contributed by atoms with Gasteiger partial charge in [0, 0.05) is 44.0 Å². The van der Waals surface area contributed by atoms with Gasteiger partial charge in [-0.25, -0.2) is 9.59 Å². The summed E-state index contributed by atoms with van der Waals surface area (Å²) in [6, 6.07) is 21.4. The van der Waals surface area contributed by atoms with Crippen molar-refractivity contribution >= 4 is 29.6 Å². The maximum absolute atomic E-state index is 13.2. The molecule has 0 aromatic heterocycles. The third-order valence-electron chi connectivity index (χ3n) is 7.36. The first-order valence-corrected chi connectivity index (χ1v) is 14.5. The Morgan fingerprint density at radius 1 is 0.911 bits per heavy atom. The fraction of sp³-hybridized carbons (Fsp3) is 0.273. The summed E-state index contributed by atoms with van der Waals surface area (Å²) < 4.78 is 11.2. The van der Waals surface area contributed by atoms with Gasteiger partial charge in [-0.3, -0.25) is 9.59 Å². The molecule has 1 N–H and O–H groups in total. The van der Waals surface area contributed by atoms with Crippen LogP contribution in [0, 0.1) is 12.3 Å². The highest BCUT2D eigenvalue weighted by atomic mass is 16.7. The smallest absolute Gasteiger partial charge is 0.434 e. The number of imide groups is 1. The van der Waals surface area contributed by atoms with E-state index in [-0.39, 0.29) is 25.6 Å². The molecule has 2 saturated heterocycles. The number of piperazine rings is 1. The predicted molar refractivity (Wildman–Crippen MR) is 165 cm³/mol. The lowest BCUT2D eigenvalue weighted by Gasteiger charge is -2.35. The van der Waals surface area contributed by atoms with Crippen LogP contribution in [0.5, 0.6) is 17.2 Å². The second-order valence-corrected chi connectivity index (χ2v) is 10.2. The number of carbonyl (C=O) groups is 4. The van der Waals surface area contributed by atoms with Crippen molar-refractivity contribution in [1.29, 1.82) is 0 Å². The van der Waals surface area contributed by atoms with Crippen molar-refractivity contribution in [1.82, 2.24) is 20.2 Å². The van der Waals surface area contributed by atoms with Gasteiger partial charge in [0.2, 0.25) is 0 Å². The summed E-state index contributed by atoms with van der Waals surface area (Å²) in [5.41, 5.74) is 1.35. The molecule has 1 atom stereocenters. The maximum atomic E-state index is 13.2. The first kappa shape index (κ1) is 30.7. The second-order valence-electron chi connectivity index (χ2n) is 10.2. The lowest BCUT2D eigenvalue weighted by atomic mass is 10.1. The number of hydrogen-bond donors (Lipinski definition) is 1. The Kier molecular flexibility index (Phi) is 9.69. The first-order chi connectivity index (χ1) is 21.9. The van der Waals surface area contributed by atoms with E-state index < -0.39 is 24.1 Å². The van der Waals surface area contributed by atoms with Crippen molar-refractivity contribution < 1.29 is 33.5 Å². The fourth-order valence-electron chi connectivity index (χ4n) is 4.93. The Balaban J connectivity index is 1.11. The number of nitrogens with zero attached hydrogens (tertiary/aromatic N) is 4. The monoisotopic (exact) mass is 611 g/mol. The molecule has 45 heavy (non-hydrogen) atoms. The highest BCUT2D eigenvalue weighted by Crippen LogP contribution is 2.23. The van der Waals surface area contributed by atoms with Gasteiger partial charge in [-0.05, 0) is 67.6 Å². The van der Waals surface area contributed by atoms with E-state index >= 15 is 0 Å². The van der Waals surface area contributed by atoms with Crippen LogP contribution in [0.2, 0.25) is 0 Å². The lowest BCUT2D eigenvalue weighted by Crippen LogP contribution is -2.50. The molecule has 2 fully saturated rings. The summed E-state index contributed by atoms with van der Waals surface area (Å²) in [5, 5.41) is 2.95. The molecular weight excluding hydrogens is 578 g/mol. The quantitative estimate of drug-likeness (QED) is 0.272. The Morgan fingerprint density at radius 2 is 1.56 bits per heavy atom. The van der Waals surface area contributed by atoms with Crippen molar-refractivity contribution in [3.8, 4) is 29.6 Å². The Labute approximate surface area is 261 Å². The molecule has 1 unspecified atom stereocenters. The molecule has 0 radical (unpaired) electrons. The number of benzene rings is 3. The molecule has 2 aliphatic heterocycles. The number of hydroxylamine groups is 2. The average molecular weight is 612 g/mol. The topological polar surface area (TPSA) is 121 Å². The minimum absolute atomic E-state index is 0.0958. The van der Waals surface area contributed by atoms with E-state index in [0.717, 1.165) is 5.69 Å². The Hall–Kier alpha value is -5.70. The van der Waals surface area contributed by atoms with Gasteiger partial charge >= 0.3 is 12.1 Å². The Morgan fingerprint density at radius 3 is 2.20 bits per heavy atom. The van der Waals surface area contributed by atoms with Crippen molar-refractivity contribution in [3.63, 3.8) is 0 Å². The van der Waals surface area contributed by atoms with E-state index in [1.807, 2.05) is 54.6 Å². The number of para-hydroxylation sites is 1. The van der Waals surface area contributed by atoms with Crippen LogP contribution in [0.15, 0.2) is 78.9 Å². The van der Waals surface area contributed by atoms with Crippen LogP contribution >= 0.6 is 0 Å². The minimum Gasteiger partial charge on any atom is -0.481 e. The van der Waals surface area contributed by atoms with Gasteiger partial charge in [0.05, 0.1) is 6.54 Å². The molecule has 2 heterocycles. The minimum atomic E-state index is -1.07. The lowest BCUT2D eigenvalue weighted by molar-refractivity contribution is -0.151. The number of anilines is 1. The van der Waals surface area contributed by atoms with E-state index in [4.69, 9.17) is 20.7 Å². The molecule has 5 amide bonds. The number of rotatable bonds is 10. The molecule has 3 aromatic carbocycles. The van der Waals surface area contributed by atoms with E-state index in [9.17, 15) is 19.2 Å². The van der Waals surface area contributed by atoms with E-state index in [0.29, 0.717) is 54.1 Å². The predicted octanol–water partition coefficient (Wildman–Crippen LogP) is 3.75. The van der Waals surface area contributed by atoms with Gasteiger partial charge in [-0.15, -0.1) is 6.42 Å². The zero-order valence-corrected chi connectivity index (χ0v) is 24.8. The van der Waals surface area contributed by atoms with Crippen LogP contribution in [0.3, 0.4) is 0 Å².